The van der Waals surface area contributed by atoms with E-state index in [4.69, 9.17) is 10.5 Å². The van der Waals surface area contributed by atoms with Gasteiger partial charge < -0.3 is 26.2 Å². The minimum atomic E-state index is -0.996. The second-order valence-electron chi connectivity index (χ2n) is 9.29. The Morgan fingerprint density at radius 3 is 2.45 bits per heavy atom. The Kier molecular flexibility index (Phi) is 7.65. The lowest BCUT2D eigenvalue weighted by atomic mass is 10.0. The van der Waals surface area contributed by atoms with Crippen LogP contribution in [0, 0.1) is 0 Å². The number of ether oxygens (including phenoxy) is 1. The molecule has 0 saturated carbocycles. The van der Waals surface area contributed by atoms with Gasteiger partial charge in [0.15, 0.2) is 0 Å². The minimum Gasteiger partial charge on any atom is -0.478 e. The van der Waals surface area contributed by atoms with Crippen molar-refractivity contribution in [2.75, 3.05) is 17.7 Å². The maximum Gasteiger partial charge on any atom is 0.337 e. The lowest BCUT2D eigenvalue weighted by Crippen LogP contribution is -2.11. The van der Waals surface area contributed by atoms with E-state index < -0.39 is 11.9 Å². The molecule has 0 aliphatic rings. The third-order valence-corrected chi connectivity index (χ3v) is 6.50. The van der Waals surface area contributed by atoms with E-state index in [0.717, 1.165) is 10.9 Å². The van der Waals surface area contributed by atoms with Crippen LogP contribution in [-0.2, 0) is 9.53 Å². The summed E-state index contributed by atoms with van der Waals surface area (Å²) in [6, 6.07) is 22.6. The van der Waals surface area contributed by atoms with Gasteiger partial charge in [-0.2, -0.15) is 0 Å². The standard InChI is InChI=1S/C31H26N6O5/c1-18(38)34-27-13-12-21(31(41)42-2)15-29(27)37-17-28(35-36-37)20-7-3-6-19(14-20)25(32)16-33-26-11-5-8-22-23(26)9-4-10-24(22)30(39)40/h3-17,33H,32H2,1-2H3,(H,34,38)(H,39,40)/b25-16-. The van der Waals surface area contributed by atoms with E-state index in [1.54, 1.807) is 54.9 Å². The number of carboxylic acids is 1. The number of fused-ring (bicyclic) bond motifs is 1. The maximum absolute atomic E-state index is 12.1. The maximum atomic E-state index is 12.1. The fourth-order valence-corrected chi connectivity index (χ4v) is 4.49. The molecule has 1 amide bonds. The van der Waals surface area contributed by atoms with Gasteiger partial charge in [-0.25, -0.2) is 14.3 Å². The summed E-state index contributed by atoms with van der Waals surface area (Å²) in [4.78, 5) is 35.5. The van der Waals surface area contributed by atoms with Gasteiger partial charge >= 0.3 is 11.9 Å². The highest BCUT2D eigenvalue weighted by molar-refractivity contribution is 6.07. The van der Waals surface area contributed by atoms with Crippen LogP contribution in [0.3, 0.4) is 0 Å². The molecule has 11 nitrogen and oxygen atoms in total. The summed E-state index contributed by atoms with van der Waals surface area (Å²) in [6.07, 6.45) is 3.32. The lowest BCUT2D eigenvalue weighted by molar-refractivity contribution is -0.114. The topological polar surface area (TPSA) is 161 Å². The number of aromatic carboxylic acids is 1. The molecule has 0 spiro atoms. The Bertz CT molecular complexity index is 1880. The van der Waals surface area contributed by atoms with Crippen molar-refractivity contribution in [3.8, 4) is 16.9 Å². The van der Waals surface area contributed by atoms with E-state index in [2.05, 4.69) is 20.9 Å². The Hall–Kier alpha value is -5.97. The van der Waals surface area contributed by atoms with Crippen LogP contribution in [0.25, 0.3) is 33.4 Å². The molecule has 5 aromatic rings. The number of esters is 1. The number of carboxylic acid groups (broad SMARTS) is 1. The Morgan fingerprint density at radius 1 is 0.929 bits per heavy atom. The molecule has 0 atom stereocenters. The third kappa shape index (κ3) is 5.65. The van der Waals surface area contributed by atoms with Crippen molar-refractivity contribution in [3.63, 3.8) is 0 Å². The molecule has 0 aliphatic heterocycles. The van der Waals surface area contributed by atoms with E-state index in [9.17, 15) is 19.5 Å². The Balaban J connectivity index is 1.43. The number of aromatic nitrogens is 3. The van der Waals surface area contributed by atoms with Crippen molar-refractivity contribution in [1.82, 2.24) is 15.0 Å². The largest absolute Gasteiger partial charge is 0.478 e. The van der Waals surface area contributed by atoms with E-state index in [0.29, 0.717) is 39.4 Å². The summed E-state index contributed by atoms with van der Waals surface area (Å²) >= 11 is 0. The first-order chi connectivity index (χ1) is 20.2. The summed E-state index contributed by atoms with van der Waals surface area (Å²) in [7, 11) is 1.29. The second-order valence-corrected chi connectivity index (χ2v) is 9.29. The summed E-state index contributed by atoms with van der Waals surface area (Å²) < 4.78 is 6.29. The molecule has 0 aliphatic carbocycles. The molecule has 5 rings (SSSR count). The number of methoxy groups -OCH3 is 1. The van der Waals surface area contributed by atoms with Crippen LogP contribution < -0.4 is 16.4 Å². The number of carbonyl (C=O) groups excluding carboxylic acids is 2. The van der Waals surface area contributed by atoms with E-state index >= 15 is 0 Å². The first kappa shape index (κ1) is 27.6. The third-order valence-electron chi connectivity index (χ3n) is 6.50. The summed E-state index contributed by atoms with van der Waals surface area (Å²) in [5.41, 5.74) is 10.9. The van der Waals surface area contributed by atoms with Crippen molar-refractivity contribution in [1.29, 1.82) is 0 Å². The van der Waals surface area contributed by atoms with Gasteiger partial charge in [-0.05, 0) is 47.3 Å². The van der Waals surface area contributed by atoms with Gasteiger partial charge in [-0.3, -0.25) is 4.79 Å². The number of hydrogen-bond donors (Lipinski definition) is 4. The van der Waals surface area contributed by atoms with Gasteiger partial charge in [-0.1, -0.05) is 47.7 Å². The van der Waals surface area contributed by atoms with E-state index in [1.165, 1.54) is 18.7 Å². The molecule has 0 unspecified atom stereocenters. The normalized spacial score (nSPS) is 11.2. The number of nitrogens with one attached hydrogen (secondary N) is 2. The van der Waals surface area contributed by atoms with Crippen LogP contribution in [0.2, 0.25) is 0 Å². The Labute approximate surface area is 240 Å². The molecule has 1 heterocycles. The van der Waals surface area contributed by atoms with Gasteiger partial charge in [0.1, 0.15) is 5.69 Å². The number of nitrogens with two attached hydrogens (primary N) is 1. The average Bonchev–Trinajstić information content (AvgIpc) is 3.49. The molecule has 4 aromatic carbocycles. The van der Waals surface area contributed by atoms with Gasteiger partial charge in [0.2, 0.25) is 5.91 Å². The van der Waals surface area contributed by atoms with E-state index in [1.807, 2.05) is 36.4 Å². The highest BCUT2D eigenvalue weighted by Gasteiger charge is 2.15. The number of rotatable bonds is 8. The molecule has 0 radical (unpaired) electrons. The minimum absolute atomic E-state index is 0.218. The van der Waals surface area contributed by atoms with Gasteiger partial charge in [0.25, 0.3) is 0 Å². The molecule has 0 bridgehead atoms. The quantitative estimate of drug-likeness (QED) is 0.193. The van der Waals surface area contributed by atoms with Crippen molar-refractivity contribution in [2.24, 2.45) is 5.73 Å². The van der Waals surface area contributed by atoms with Crippen LogP contribution in [0.15, 0.2) is 91.3 Å². The Morgan fingerprint density at radius 2 is 1.69 bits per heavy atom. The molecular weight excluding hydrogens is 536 g/mol. The zero-order chi connectivity index (χ0) is 29.8. The molecule has 210 valence electrons. The van der Waals surface area contributed by atoms with Crippen LogP contribution in [-0.4, -0.2) is 45.1 Å². The number of carbonyl (C=O) groups is 3. The summed E-state index contributed by atoms with van der Waals surface area (Å²) in [5, 5.41) is 25.3. The molecule has 0 saturated heterocycles. The highest BCUT2D eigenvalue weighted by atomic mass is 16.5. The van der Waals surface area contributed by atoms with Crippen molar-refractivity contribution < 1.29 is 24.2 Å². The number of nitrogens with zero attached hydrogens (tertiary/aromatic N) is 3. The molecule has 11 heteroatoms. The second kappa shape index (κ2) is 11.6. The molecule has 0 fully saturated rings. The summed E-state index contributed by atoms with van der Waals surface area (Å²) in [5.74, 6) is -1.80. The number of hydrogen-bond acceptors (Lipinski definition) is 8. The zero-order valence-corrected chi connectivity index (χ0v) is 22.7. The van der Waals surface area contributed by atoms with Gasteiger partial charge in [0.05, 0.1) is 41.5 Å². The average molecular weight is 563 g/mol. The van der Waals surface area contributed by atoms with Gasteiger partial charge in [0, 0.05) is 29.8 Å². The lowest BCUT2D eigenvalue weighted by Gasteiger charge is -2.11. The number of benzene rings is 4. The predicted octanol–water partition coefficient (Wildman–Crippen LogP) is 4.90. The number of anilines is 2. The van der Waals surface area contributed by atoms with Gasteiger partial charge in [-0.15, -0.1) is 5.10 Å². The molecular formula is C31H26N6O5. The first-order valence-corrected chi connectivity index (χ1v) is 12.8. The van der Waals surface area contributed by atoms with Crippen molar-refractivity contribution in [3.05, 3.63) is 108 Å². The number of amides is 1. The molecule has 1 aromatic heterocycles. The zero-order valence-electron chi connectivity index (χ0n) is 22.7. The SMILES string of the molecule is COC(=O)c1ccc(NC(C)=O)c(-n2cc(-c3cccc(/C(N)=C/Nc4cccc5c(C(=O)O)cccc45)c3)nn2)c1. The molecule has 42 heavy (non-hydrogen) atoms. The highest BCUT2D eigenvalue weighted by Crippen LogP contribution is 2.28. The smallest absolute Gasteiger partial charge is 0.337 e. The molecule has 5 N–H and O–H groups in total. The predicted molar refractivity (Wildman–Crippen MR) is 159 cm³/mol. The van der Waals surface area contributed by atoms with Crippen LogP contribution in [0.1, 0.15) is 33.2 Å². The van der Waals surface area contributed by atoms with Crippen molar-refractivity contribution >= 4 is 45.7 Å². The van der Waals surface area contributed by atoms with E-state index in [-0.39, 0.29) is 17.0 Å². The fraction of sp³-hybridized carbons (Fsp3) is 0.0645. The monoisotopic (exact) mass is 562 g/mol. The first-order valence-electron chi connectivity index (χ1n) is 12.8. The van der Waals surface area contributed by atoms with Crippen molar-refractivity contribution in [2.45, 2.75) is 6.92 Å². The summed E-state index contributed by atoms with van der Waals surface area (Å²) in [6.45, 7) is 1.39. The van der Waals surface area contributed by atoms with Crippen LogP contribution in [0.4, 0.5) is 11.4 Å². The van der Waals surface area contributed by atoms with Crippen LogP contribution in [0.5, 0.6) is 0 Å². The fourth-order valence-electron chi connectivity index (χ4n) is 4.49. The van der Waals surface area contributed by atoms with Crippen LogP contribution >= 0.6 is 0 Å².